The van der Waals surface area contributed by atoms with Crippen LogP contribution in [0.15, 0.2) is 30.7 Å². The van der Waals surface area contributed by atoms with Crippen molar-refractivity contribution in [2.45, 2.75) is 18.6 Å². The predicted molar refractivity (Wildman–Crippen MR) is 67.4 cm³/mol. The molecule has 0 unspecified atom stereocenters. The van der Waals surface area contributed by atoms with Crippen LogP contribution in [0.5, 0.6) is 0 Å². The van der Waals surface area contributed by atoms with Crippen LogP contribution in [0.2, 0.25) is 0 Å². The molecule has 0 atom stereocenters. The second-order valence-electron chi connectivity index (χ2n) is 3.83. The topological polar surface area (TPSA) is 25.8 Å². The number of aromatic nitrogens is 2. The Kier molecular flexibility index (Phi) is 2.80. The van der Waals surface area contributed by atoms with Crippen LogP contribution in [-0.2, 0) is 4.75 Å². The highest BCUT2D eigenvalue weighted by Gasteiger charge is 2.18. The van der Waals surface area contributed by atoms with Crippen molar-refractivity contribution in [1.29, 1.82) is 0 Å². The Hall–Kier alpha value is -0.870. The van der Waals surface area contributed by atoms with Crippen molar-refractivity contribution < 1.29 is 0 Å². The summed E-state index contributed by atoms with van der Waals surface area (Å²) in [6.07, 6.45) is 5.48. The molecule has 2 aromatic heterocycles. The highest BCUT2D eigenvalue weighted by atomic mass is 32.1. The third-order valence-corrected chi connectivity index (χ3v) is 3.78. The molecule has 0 aromatic carbocycles. The summed E-state index contributed by atoms with van der Waals surface area (Å²) in [5, 5.41) is 1.00. The van der Waals surface area contributed by atoms with Gasteiger partial charge in [-0.1, -0.05) is 0 Å². The summed E-state index contributed by atoms with van der Waals surface area (Å²) >= 11 is 6.19. The SMILES string of the molecule is CC(C)(S)c1cnc(-c2cccnc2)s1. The van der Waals surface area contributed by atoms with E-state index in [1.54, 1.807) is 17.5 Å². The first-order chi connectivity index (χ1) is 7.07. The van der Waals surface area contributed by atoms with E-state index < -0.39 is 0 Å². The summed E-state index contributed by atoms with van der Waals surface area (Å²) in [5.41, 5.74) is 1.06. The maximum atomic E-state index is 4.52. The van der Waals surface area contributed by atoms with Gasteiger partial charge >= 0.3 is 0 Å². The van der Waals surface area contributed by atoms with Crippen LogP contribution < -0.4 is 0 Å². The van der Waals surface area contributed by atoms with Crippen molar-refractivity contribution in [3.63, 3.8) is 0 Å². The number of thiol groups is 1. The van der Waals surface area contributed by atoms with Gasteiger partial charge in [0.05, 0.1) is 0 Å². The quantitative estimate of drug-likeness (QED) is 0.809. The maximum Gasteiger partial charge on any atom is 0.125 e. The fourth-order valence-corrected chi connectivity index (χ4v) is 2.28. The maximum absolute atomic E-state index is 4.52. The van der Waals surface area contributed by atoms with Crippen molar-refractivity contribution in [3.8, 4) is 10.6 Å². The van der Waals surface area contributed by atoms with E-state index >= 15 is 0 Å². The number of pyridine rings is 1. The van der Waals surface area contributed by atoms with Crippen LogP contribution in [0, 0.1) is 0 Å². The molecular weight excluding hydrogens is 224 g/mol. The average molecular weight is 236 g/mol. The molecule has 0 N–H and O–H groups in total. The van der Waals surface area contributed by atoms with Crippen LogP contribution in [0.3, 0.4) is 0 Å². The Labute approximate surface area is 98.8 Å². The highest BCUT2D eigenvalue weighted by molar-refractivity contribution is 7.81. The van der Waals surface area contributed by atoms with Crippen LogP contribution >= 0.6 is 24.0 Å². The lowest BCUT2D eigenvalue weighted by Crippen LogP contribution is -2.03. The van der Waals surface area contributed by atoms with Gasteiger partial charge in [-0.3, -0.25) is 4.98 Å². The van der Waals surface area contributed by atoms with E-state index in [0.717, 1.165) is 10.6 Å². The molecule has 4 heteroatoms. The largest absolute Gasteiger partial charge is 0.264 e. The highest BCUT2D eigenvalue weighted by Crippen LogP contribution is 2.34. The number of rotatable bonds is 2. The van der Waals surface area contributed by atoms with Crippen molar-refractivity contribution in [3.05, 3.63) is 35.6 Å². The van der Waals surface area contributed by atoms with Crippen LogP contribution in [0.1, 0.15) is 18.7 Å². The van der Waals surface area contributed by atoms with E-state index in [1.165, 1.54) is 4.88 Å². The Morgan fingerprint density at radius 1 is 1.33 bits per heavy atom. The molecule has 0 aliphatic rings. The predicted octanol–water partition coefficient (Wildman–Crippen LogP) is 3.37. The fraction of sp³-hybridized carbons (Fsp3) is 0.273. The molecular formula is C11H12N2S2. The van der Waals surface area contributed by atoms with Crippen LogP contribution in [0.4, 0.5) is 0 Å². The average Bonchev–Trinajstić information content (AvgIpc) is 2.67. The van der Waals surface area contributed by atoms with Crippen molar-refractivity contribution >= 4 is 24.0 Å². The van der Waals surface area contributed by atoms with Gasteiger partial charge in [-0.15, -0.1) is 11.3 Å². The molecule has 0 aliphatic heterocycles. The lowest BCUT2D eigenvalue weighted by atomic mass is 10.2. The first kappa shape index (κ1) is 10.6. The number of hydrogen-bond donors (Lipinski definition) is 1. The van der Waals surface area contributed by atoms with E-state index in [-0.39, 0.29) is 4.75 Å². The summed E-state index contributed by atoms with van der Waals surface area (Å²) in [5.74, 6) is 0. The molecule has 0 radical (unpaired) electrons. The third-order valence-electron chi connectivity index (χ3n) is 2.02. The Morgan fingerprint density at radius 3 is 2.67 bits per heavy atom. The van der Waals surface area contributed by atoms with E-state index in [0.29, 0.717) is 0 Å². The van der Waals surface area contributed by atoms with E-state index in [9.17, 15) is 0 Å². The minimum Gasteiger partial charge on any atom is -0.264 e. The van der Waals surface area contributed by atoms with E-state index in [4.69, 9.17) is 0 Å². The molecule has 0 fully saturated rings. The molecule has 2 nitrogen and oxygen atoms in total. The minimum atomic E-state index is -0.127. The van der Waals surface area contributed by atoms with Gasteiger partial charge in [0.1, 0.15) is 5.01 Å². The normalized spacial score (nSPS) is 11.7. The lowest BCUT2D eigenvalue weighted by molar-refractivity contribution is 0.808. The minimum absolute atomic E-state index is 0.127. The molecule has 2 aromatic rings. The summed E-state index contributed by atoms with van der Waals surface area (Å²) in [6.45, 7) is 4.13. The molecule has 0 aliphatic carbocycles. The second-order valence-corrected chi connectivity index (χ2v) is 5.98. The molecule has 78 valence electrons. The van der Waals surface area contributed by atoms with Crippen molar-refractivity contribution in [2.24, 2.45) is 0 Å². The van der Waals surface area contributed by atoms with Gasteiger partial charge in [0.2, 0.25) is 0 Å². The number of thiazole rings is 1. The van der Waals surface area contributed by atoms with Gasteiger partial charge in [0.15, 0.2) is 0 Å². The second kappa shape index (κ2) is 3.94. The lowest BCUT2D eigenvalue weighted by Gasteiger charge is -2.13. The van der Waals surface area contributed by atoms with Gasteiger partial charge in [0, 0.05) is 33.8 Å². The first-order valence-electron chi connectivity index (χ1n) is 4.66. The van der Waals surface area contributed by atoms with Gasteiger partial charge in [-0.2, -0.15) is 12.6 Å². The molecule has 0 saturated carbocycles. The summed E-state index contributed by atoms with van der Waals surface area (Å²) in [7, 11) is 0. The first-order valence-corrected chi connectivity index (χ1v) is 5.93. The van der Waals surface area contributed by atoms with E-state index in [2.05, 4.69) is 36.4 Å². The zero-order chi connectivity index (χ0) is 10.9. The molecule has 0 bridgehead atoms. The fourth-order valence-electron chi connectivity index (χ4n) is 1.18. The molecule has 2 heterocycles. The number of nitrogens with zero attached hydrogens (tertiary/aromatic N) is 2. The molecule has 0 spiro atoms. The molecule has 2 rings (SSSR count). The van der Waals surface area contributed by atoms with Crippen LogP contribution in [0.25, 0.3) is 10.6 Å². The van der Waals surface area contributed by atoms with E-state index in [1.807, 2.05) is 24.5 Å². The van der Waals surface area contributed by atoms with Crippen LogP contribution in [-0.4, -0.2) is 9.97 Å². The van der Waals surface area contributed by atoms with Crippen molar-refractivity contribution in [1.82, 2.24) is 9.97 Å². The molecule has 0 saturated heterocycles. The summed E-state index contributed by atoms with van der Waals surface area (Å²) in [4.78, 5) is 9.63. The monoisotopic (exact) mass is 236 g/mol. The Bertz CT molecular complexity index is 443. The summed E-state index contributed by atoms with van der Waals surface area (Å²) < 4.78 is -0.127. The van der Waals surface area contributed by atoms with Gasteiger partial charge in [0.25, 0.3) is 0 Å². The Morgan fingerprint density at radius 2 is 2.13 bits per heavy atom. The molecule has 15 heavy (non-hydrogen) atoms. The standard InChI is InChI=1S/C11H12N2S2/c1-11(2,14)9-7-13-10(15-9)8-4-3-5-12-6-8/h3-7,14H,1-2H3. The third kappa shape index (κ3) is 2.38. The van der Waals surface area contributed by atoms with Gasteiger partial charge in [-0.05, 0) is 26.0 Å². The Balaban J connectivity index is 2.37. The van der Waals surface area contributed by atoms with Gasteiger partial charge in [-0.25, -0.2) is 4.98 Å². The smallest absolute Gasteiger partial charge is 0.125 e. The molecule has 0 amide bonds. The zero-order valence-corrected chi connectivity index (χ0v) is 10.3. The number of hydrogen-bond acceptors (Lipinski definition) is 4. The summed E-state index contributed by atoms with van der Waals surface area (Å²) in [6, 6.07) is 3.93. The zero-order valence-electron chi connectivity index (χ0n) is 8.64. The van der Waals surface area contributed by atoms with Gasteiger partial charge < -0.3 is 0 Å². The van der Waals surface area contributed by atoms with Crippen molar-refractivity contribution in [2.75, 3.05) is 0 Å².